The Labute approximate surface area is 75.3 Å². The van der Waals surface area contributed by atoms with Crippen molar-refractivity contribution < 1.29 is 5.21 Å². The molecule has 6 nitrogen and oxygen atoms in total. The summed E-state index contributed by atoms with van der Waals surface area (Å²) in [5.41, 5.74) is 7.68. The highest BCUT2D eigenvalue weighted by molar-refractivity contribution is 5.80. The van der Waals surface area contributed by atoms with Crippen LogP contribution in [-0.4, -0.2) is 21.9 Å². The Balaban J connectivity index is 2.64. The van der Waals surface area contributed by atoms with E-state index in [-0.39, 0.29) is 5.96 Å². The van der Waals surface area contributed by atoms with Crippen LogP contribution < -0.4 is 11.2 Å². The van der Waals surface area contributed by atoms with E-state index in [1.54, 1.807) is 5.48 Å². The summed E-state index contributed by atoms with van der Waals surface area (Å²) < 4.78 is 1.88. The van der Waals surface area contributed by atoms with Crippen LogP contribution in [0.2, 0.25) is 0 Å². The van der Waals surface area contributed by atoms with Gasteiger partial charge in [-0.25, -0.2) is 5.48 Å². The Hall–Kier alpha value is -1.82. The molecular formula is C7H11N5O. The van der Waals surface area contributed by atoms with Crippen molar-refractivity contribution in [1.29, 1.82) is 0 Å². The molecule has 0 spiro atoms. The van der Waals surface area contributed by atoms with Gasteiger partial charge in [-0.1, -0.05) is 0 Å². The maximum Gasteiger partial charge on any atom is 0.237 e. The third-order valence-corrected chi connectivity index (χ3v) is 1.45. The van der Waals surface area contributed by atoms with Crippen LogP contribution >= 0.6 is 0 Å². The molecule has 0 aliphatic heterocycles. The molecule has 1 aromatic heterocycles. The van der Waals surface area contributed by atoms with Gasteiger partial charge in [-0.2, -0.15) is 5.10 Å². The third kappa shape index (κ3) is 2.60. The van der Waals surface area contributed by atoms with Gasteiger partial charge in [0.25, 0.3) is 0 Å². The molecule has 0 radical (unpaired) electrons. The van der Waals surface area contributed by atoms with Crippen molar-refractivity contribution >= 4 is 12.2 Å². The minimum Gasteiger partial charge on any atom is -0.367 e. The van der Waals surface area contributed by atoms with Gasteiger partial charge < -0.3 is 10.3 Å². The van der Waals surface area contributed by atoms with Crippen LogP contribution in [0.5, 0.6) is 0 Å². The van der Waals surface area contributed by atoms with Crippen molar-refractivity contribution in [3.8, 4) is 0 Å². The first-order valence-corrected chi connectivity index (χ1v) is 3.62. The fraction of sp³-hybridized carbons (Fsp3) is 0.143. The lowest BCUT2D eigenvalue weighted by Crippen LogP contribution is -2.27. The minimum atomic E-state index is -0.148. The molecule has 1 rings (SSSR count). The van der Waals surface area contributed by atoms with Gasteiger partial charge in [0.2, 0.25) is 5.96 Å². The molecule has 0 atom stereocenters. The van der Waals surface area contributed by atoms with E-state index in [2.05, 4.69) is 10.2 Å². The summed E-state index contributed by atoms with van der Waals surface area (Å²) in [6.07, 6.45) is 3.42. The van der Waals surface area contributed by atoms with Gasteiger partial charge >= 0.3 is 0 Å². The molecule has 1 heterocycles. The average Bonchev–Trinajstić information content (AvgIpc) is 2.52. The number of aromatic nitrogens is 1. The number of hydrogen-bond donors (Lipinski definition) is 3. The van der Waals surface area contributed by atoms with E-state index in [1.165, 1.54) is 6.21 Å². The van der Waals surface area contributed by atoms with Crippen LogP contribution in [0.3, 0.4) is 0 Å². The van der Waals surface area contributed by atoms with Crippen molar-refractivity contribution in [2.45, 2.75) is 0 Å². The molecule has 70 valence electrons. The molecule has 0 saturated heterocycles. The van der Waals surface area contributed by atoms with E-state index < -0.39 is 0 Å². The molecule has 0 fully saturated rings. The van der Waals surface area contributed by atoms with E-state index in [1.807, 2.05) is 29.9 Å². The molecule has 0 amide bonds. The van der Waals surface area contributed by atoms with Gasteiger partial charge in [-0.05, 0) is 12.1 Å². The highest BCUT2D eigenvalue weighted by atomic mass is 16.5. The fourth-order valence-corrected chi connectivity index (χ4v) is 0.781. The first kappa shape index (κ1) is 9.27. The zero-order valence-electron chi connectivity index (χ0n) is 7.18. The Bertz CT molecular complexity index is 327. The first-order chi connectivity index (χ1) is 6.24. The van der Waals surface area contributed by atoms with E-state index in [9.17, 15) is 0 Å². The molecule has 0 saturated carbocycles. The quantitative estimate of drug-likeness (QED) is 0.331. The Morgan fingerprint density at radius 2 is 2.54 bits per heavy atom. The van der Waals surface area contributed by atoms with Crippen molar-refractivity contribution in [3.05, 3.63) is 24.0 Å². The Morgan fingerprint density at radius 3 is 3.08 bits per heavy atom. The Kier molecular flexibility index (Phi) is 3.04. The molecule has 0 bridgehead atoms. The second-order valence-corrected chi connectivity index (χ2v) is 2.39. The normalized spacial score (nSPS) is 12.3. The number of nitrogens with two attached hydrogens (primary N) is 1. The van der Waals surface area contributed by atoms with Gasteiger partial charge in [0, 0.05) is 13.2 Å². The molecule has 0 aliphatic rings. The summed E-state index contributed by atoms with van der Waals surface area (Å²) in [6.45, 7) is 0. The predicted molar refractivity (Wildman–Crippen MR) is 49.6 cm³/mol. The summed E-state index contributed by atoms with van der Waals surface area (Å²) in [6, 6.07) is 3.76. The van der Waals surface area contributed by atoms with Crippen molar-refractivity contribution in [3.63, 3.8) is 0 Å². The Morgan fingerprint density at radius 1 is 1.77 bits per heavy atom. The maximum absolute atomic E-state index is 8.26. The first-order valence-electron chi connectivity index (χ1n) is 3.62. The van der Waals surface area contributed by atoms with Crippen LogP contribution in [-0.2, 0) is 7.05 Å². The van der Waals surface area contributed by atoms with Crippen LogP contribution in [0.25, 0.3) is 0 Å². The van der Waals surface area contributed by atoms with E-state index in [4.69, 9.17) is 10.9 Å². The lowest BCUT2D eigenvalue weighted by molar-refractivity contribution is 0.232. The minimum absolute atomic E-state index is 0.148. The van der Waals surface area contributed by atoms with Gasteiger partial charge in [0.15, 0.2) is 0 Å². The third-order valence-electron chi connectivity index (χ3n) is 1.45. The zero-order chi connectivity index (χ0) is 9.68. The average molecular weight is 181 g/mol. The van der Waals surface area contributed by atoms with Crippen LogP contribution in [0.15, 0.2) is 28.5 Å². The summed E-state index contributed by atoms with van der Waals surface area (Å²) in [4.78, 5) is 0. The van der Waals surface area contributed by atoms with E-state index >= 15 is 0 Å². The van der Waals surface area contributed by atoms with Crippen molar-refractivity contribution in [1.82, 2.24) is 10.0 Å². The standard InChI is InChI=1S/C7H11N5O/c1-12-4-2-3-6(12)5-9-10-7(8)11-13/h2-5,13H,1H3,(H3,8,10,11). The molecule has 0 unspecified atom stereocenters. The molecule has 6 heteroatoms. The topological polar surface area (TPSA) is 87.9 Å². The number of hydroxylamine groups is 1. The lowest BCUT2D eigenvalue weighted by Gasteiger charge is -1.93. The van der Waals surface area contributed by atoms with E-state index in [0.29, 0.717) is 0 Å². The molecule has 0 aliphatic carbocycles. The summed E-state index contributed by atoms with van der Waals surface area (Å²) in [5, 5.41) is 15.3. The number of hydrogen-bond acceptors (Lipinski definition) is 3. The van der Waals surface area contributed by atoms with Crippen LogP contribution in [0.4, 0.5) is 0 Å². The highest BCUT2D eigenvalue weighted by Gasteiger charge is 1.90. The number of nitrogens with zero attached hydrogens (tertiary/aromatic N) is 3. The van der Waals surface area contributed by atoms with Crippen LogP contribution in [0, 0.1) is 0 Å². The van der Waals surface area contributed by atoms with Gasteiger partial charge in [0.1, 0.15) is 0 Å². The number of rotatable bonds is 2. The number of guanidine groups is 1. The molecule has 4 N–H and O–H groups in total. The monoisotopic (exact) mass is 181 g/mol. The smallest absolute Gasteiger partial charge is 0.237 e. The zero-order valence-corrected chi connectivity index (χ0v) is 7.18. The molecule has 0 aromatic carbocycles. The van der Waals surface area contributed by atoms with Gasteiger partial charge in [-0.3, -0.25) is 5.21 Å². The van der Waals surface area contributed by atoms with Gasteiger partial charge in [0.05, 0.1) is 11.9 Å². The molecule has 13 heavy (non-hydrogen) atoms. The predicted octanol–water partition coefficient (Wildman–Crippen LogP) is -0.347. The van der Waals surface area contributed by atoms with Crippen molar-refractivity contribution in [2.24, 2.45) is 23.0 Å². The summed E-state index contributed by atoms with van der Waals surface area (Å²) >= 11 is 0. The number of aryl methyl sites for hydroxylation is 1. The van der Waals surface area contributed by atoms with E-state index in [0.717, 1.165) is 5.69 Å². The largest absolute Gasteiger partial charge is 0.367 e. The lowest BCUT2D eigenvalue weighted by atomic mass is 10.5. The second kappa shape index (κ2) is 4.27. The summed E-state index contributed by atoms with van der Waals surface area (Å²) in [7, 11) is 1.89. The maximum atomic E-state index is 8.26. The second-order valence-electron chi connectivity index (χ2n) is 2.39. The van der Waals surface area contributed by atoms with Gasteiger partial charge in [-0.15, -0.1) is 5.10 Å². The molecule has 1 aromatic rings. The molecular weight excluding hydrogens is 170 g/mol. The fourth-order valence-electron chi connectivity index (χ4n) is 0.781. The highest BCUT2D eigenvalue weighted by Crippen LogP contribution is 1.94. The van der Waals surface area contributed by atoms with Crippen molar-refractivity contribution in [2.75, 3.05) is 0 Å². The van der Waals surface area contributed by atoms with Crippen LogP contribution in [0.1, 0.15) is 5.69 Å². The number of nitrogens with one attached hydrogen (secondary N) is 1. The summed E-state index contributed by atoms with van der Waals surface area (Å²) in [5.74, 6) is -0.148. The SMILES string of the molecule is Cn1cccc1C=NN=C(N)NO.